The highest BCUT2D eigenvalue weighted by atomic mass is 35.5. The van der Waals surface area contributed by atoms with Crippen LogP contribution in [-0.2, 0) is 49.2 Å². The number of carbonyl (C=O) groups is 1. The van der Waals surface area contributed by atoms with Gasteiger partial charge in [-0.1, -0.05) is 17.7 Å². The fourth-order valence-corrected chi connectivity index (χ4v) is 8.57. The average molecular weight is 730 g/mol. The largest absolute Gasteiger partial charge is 0.493 e. The van der Waals surface area contributed by atoms with Crippen molar-refractivity contribution >= 4 is 51.0 Å². The van der Waals surface area contributed by atoms with Crippen LogP contribution in [0.2, 0.25) is 5.02 Å². The summed E-state index contributed by atoms with van der Waals surface area (Å²) in [5.41, 5.74) is 15.4. The Kier molecular flexibility index (Phi) is 10.1. The van der Waals surface area contributed by atoms with Gasteiger partial charge in [-0.3, -0.25) is 4.68 Å². The lowest BCUT2D eigenvalue weighted by Crippen LogP contribution is -2.39. The molecular weight excluding hydrogens is 687 g/mol. The van der Waals surface area contributed by atoms with E-state index in [-0.39, 0.29) is 5.82 Å². The van der Waals surface area contributed by atoms with Gasteiger partial charge in [0, 0.05) is 71.0 Å². The number of ether oxygens (including phenoxy) is 2. The van der Waals surface area contributed by atoms with E-state index in [1.165, 1.54) is 13.2 Å². The van der Waals surface area contributed by atoms with Crippen molar-refractivity contribution in [2.45, 2.75) is 64.1 Å². The molecule has 0 unspecified atom stereocenters. The predicted octanol–water partition coefficient (Wildman–Crippen LogP) is 7.36. The van der Waals surface area contributed by atoms with Crippen LogP contribution >= 0.6 is 23.4 Å². The summed E-state index contributed by atoms with van der Waals surface area (Å²) >= 11 is 8.92. The third kappa shape index (κ3) is 6.74. The van der Waals surface area contributed by atoms with Crippen molar-refractivity contribution in [1.82, 2.24) is 19.4 Å². The Morgan fingerprint density at radius 1 is 1.14 bits per heavy atom. The van der Waals surface area contributed by atoms with Crippen molar-refractivity contribution in [3.63, 3.8) is 0 Å². The van der Waals surface area contributed by atoms with E-state index >= 15 is 0 Å². The van der Waals surface area contributed by atoms with Gasteiger partial charge in [-0.25, -0.2) is 9.18 Å². The lowest BCUT2D eigenvalue weighted by Gasteiger charge is -2.14. The van der Waals surface area contributed by atoms with Crippen LogP contribution in [0.25, 0.3) is 32.8 Å². The zero-order valence-electron chi connectivity index (χ0n) is 29.4. The molecule has 12 heteroatoms. The van der Waals surface area contributed by atoms with Crippen LogP contribution in [0.4, 0.5) is 4.39 Å². The summed E-state index contributed by atoms with van der Waals surface area (Å²) in [6, 6.07) is 15.0. The molecule has 0 atom stereocenters. The second kappa shape index (κ2) is 14.7. The van der Waals surface area contributed by atoms with Crippen molar-refractivity contribution < 1.29 is 23.3 Å². The highest BCUT2D eigenvalue weighted by molar-refractivity contribution is 7.97. The molecule has 0 radical (unpaired) electrons. The van der Waals surface area contributed by atoms with E-state index in [2.05, 4.69) is 28.8 Å². The number of aryl methyl sites for hydroxylation is 6. The number of nitrogens with one attached hydrogen (secondary N) is 1. The summed E-state index contributed by atoms with van der Waals surface area (Å²) in [4.78, 5) is 13.4. The first kappa shape index (κ1) is 35.1. The molecule has 0 saturated heterocycles. The number of halogens is 2. The van der Waals surface area contributed by atoms with Gasteiger partial charge in [0.2, 0.25) is 5.69 Å². The average Bonchev–Trinajstić information content (AvgIpc) is 3.73. The number of rotatable bonds is 4. The minimum atomic E-state index is -0.406. The minimum absolute atomic E-state index is 0.284. The van der Waals surface area contributed by atoms with Crippen molar-refractivity contribution in [1.29, 1.82) is 0 Å². The maximum absolute atomic E-state index is 14.4. The van der Waals surface area contributed by atoms with E-state index in [4.69, 9.17) is 31.9 Å². The van der Waals surface area contributed by atoms with E-state index in [9.17, 15) is 9.18 Å². The Labute approximate surface area is 305 Å². The minimum Gasteiger partial charge on any atom is -0.493 e. The second-order valence-electron chi connectivity index (χ2n) is 13.2. The third-order valence-corrected chi connectivity index (χ3v) is 11.2. The molecule has 0 amide bonds. The van der Waals surface area contributed by atoms with Gasteiger partial charge in [0.1, 0.15) is 17.3 Å². The normalized spacial score (nSPS) is 14.0. The van der Waals surface area contributed by atoms with E-state index in [0.29, 0.717) is 48.3 Å². The number of aromatic amines is 1. The highest BCUT2D eigenvalue weighted by Crippen LogP contribution is 2.43. The lowest BCUT2D eigenvalue weighted by molar-refractivity contribution is -0.755. The summed E-state index contributed by atoms with van der Waals surface area (Å²) in [6.45, 7) is 6.30. The number of hydrogen-bond donors (Lipinski definition) is 2. The summed E-state index contributed by atoms with van der Waals surface area (Å²) < 4.78 is 32.3. The van der Waals surface area contributed by atoms with Crippen LogP contribution in [0.5, 0.6) is 5.75 Å². The van der Waals surface area contributed by atoms with Gasteiger partial charge in [0.25, 0.3) is 0 Å². The standard InChI is InChI=1S/C39H42ClFN6O3S/c1-23-35-33-12-11-31(40)37(35)36-24(2)47(15-5-13-42)44-32(36)22-51-21-28-20-29(45(3)43-28)9-7-25-17-26-19-27(41)8-10-30(26)34(18-25)50-16-6-14-46(33)38(23)39(48)49-4/h8,10-12,17-20H,5-7,9,13-16,21-22,42H2,1-4H3/p+1. The topological polar surface area (TPSA) is 104 Å². The van der Waals surface area contributed by atoms with Gasteiger partial charge in [0.05, 0.1) is 30.7 Å². The van der Waals surface area contributed by atoms with Crippen molar-refractivity contribution in [3.05, 3.63) is 99.0 Å². The molecule has 0 spiro atoms. The van der Waals surface area contributed by atoms with Crippen molar-refractivity contribution in [2.75, 3.05) is 20.3 Å². The fourth-order valence-electron chi connectivity index (χ4n) is 7.45. The van der Waals surface area contributed by atoms with Gasteiger partial charge >= 0.3 is 5.97 Å². The summed E-state index contributed by atoms with van der Waals surface area (Å²) in [5, 5.41) is 11.7. The van der Waals surface area contributed by atoms with Crippen LogP contribution in [0.1, 0.15) is 57.2 Å². The van der Waals surface area contributed by atoms with Gasteiger partial charge in [-0.2, -0.15) is 10.2 Å². The molecule has 7 rings (SSSR count). The molecule has 0 aliphatic carbocycles. The van der Waals surface area contributed by atoms with E-state index in [1.54, 1.807) is 23.9 Å². The van der Waals surface area contributed by atoms with Crippen LogP contribution in [0, 0.1) is 19.7 Å². The molecule has 1 aliphatic heterocycles. The Morgan fingerprint density at radius 3 is 2.78 bits per heavy atom. The molecule has 3 N–H and O–H groups in total. The summed E-state index contributed by atoms with van der Waals surface area (Å²) in [7, 11) is 3.39. The molecule has 266 valence electrons. The molecule has 9 nitrogen and oxygen atoms in total. The zero-order chi connectivity index (χ0) is 35.8. The Morgan fingerprint density at radius 2 is 1.98 bits per heavy atom. The lowest BCUT2D eigenvalue weighted by atomic mass is 9.97. The van der Waals surface area contributed by atoms with Crippen molar-refractivity contribution in [3.8, 4) is 16.9 Å². The Bertz CT molecular complexity index is 2270. The number of carbonyl (C=O) groups excluding carboxylic acids is 1. The molecule has 6 aromatic rings. The fraction of sp³-hybridized carbons (Fsp3) is 0.359. The SMILES string of the molecule is COC(=O)c1c(C)c2c3c(Cl)ccc2n1CCCOc1cc(cc2cc(F)ccc12)CCc1cc(nn1C)CSCc1[nH][n+](CCCN)c(C)c1-3. The quantitative estimate of drug-likeness (QED) is 0.145. The number of benzene rings is 3. The van der Waals surface area contributed by atoms with Gasteiger partial charge in [-0.05, 0) is 91.7 Å². The van der Waals surface area contributed by atoms with E-state index in [0.717, 1.165) is 98.3 Å². The van der Waals surface area contributed by atoms with Crippen LogP contribution in [-0.4, -0.2) is 45.7 Å². The number of esters is 1. The number of aromatic nitrogens is 5. The van der Waals surface area contributed by atoms with Gasteiger partial charge < -0.3 is 19.8 Å². The molecule has 3 aromatic heterocycles. The molecule has 1 aliphatic rings. The van der Waals surface area contributed by atoms with Gasteiger partial charge in [0.15, 0.2) is 6.54 Å². The summed E-state index contributed by atoms with van der Waals surface area (Å²) in [6.07, 6.45) is 2.97. The number of methoxy groups -OCH3 is 1. The number of nitrogens with zero attached hydrogens (tertiary/aromatic N) is 4. The first-order valence-corrected chi connectivity index (χ1v) is 18.9. The highest BCUT2D eigenvalue weighted by Gasteiger charge is 2.30. The third-order valence-electron chi connectivity index (χ3n) is 9.89. The summed E-state index contributed by atoms with van der Waals surface area (Å²) in [5.74, 6) is 1.44. The Hall–Kier alpha value is -4.32. The number of hydrogen-bond acceptors (Lipinski definition) is 6. The smallest absolute Gasteiger partial charge is 0.354 e. The number of fused-ring (bicyclic) bond motifs is 8. The first-order valence-electron chi connectivity index (χ1n) is 17.3. The van der Waals surface area contributed by atoms with Gasteiger partial charge in [-0.15, -0.1) is 16.4 Å². The Balaban J connectivity index is 1.37. The maximum atomic E-state index is 14.4. The molecule has 3 aromatic carbocycles. The second-order valence-corrected chi connectivity index (χ2v) is 14.6. The monoisotopic (exact) mass is 729 g/mol. The van der Waals surface area contributed by atoms with Crippen LogP contribution in [0.15, 0.2) is 48.5 Å². The molecule has 0 fully saturated rings. The number of thioether (sulfide) groups is 1. The molecule has 4 heterocycles. The zero-order valence-corrected chi connectivity index (χ0v) is 31.0. The van der Waals surface area contributed by atoms with E-state index in [1.807, 2.05) is 41.4 Å². The first-order chi connectivity index (χ1) is 24.7. The van der Waals surface area contributed by atoms with Crippen LogP contribution in [0.3, 0.4) is 0 Å². The number of H-pyrrole nitrogens is 1. The molecular formula is C39H43ClFN6O3S+. The molecule has 8 bridgehead atoms. The predicted molar refractivity (Wildman–Crippen MR) is 201 cm³/mol. The number of nitrogens with two attached hydrogens (primary N) is 1. The van der Waals surface area contributed by atoms with E-state index < -0.39 is 5.97 Å². The van der Waals surface area contributed by atoms with Crippen LogP contribution < -0.4 is 15.2 Å². The molecule has 0 saturated carbocycles. The molecule has 51 heavy (non-hydrogen) atoms. The maximum Gasteiger partial charge on any atom is 0.354 e. The van der Waals surface area contributed by atoms with Crippen molar-refractivity contribution in [2.24, 2.45) is 12.8 Å².